The number of nitrogens with one attached hydrogen (secondary N) is 1. The predicted octanol–water partition coefficient (Wildman–Crippen LogP) is 3.10. The number of amides is 1. The van der Waals surface area contributed by atoms with Gasteiger partial charge in [0.15, 0.2) is 0 Å². The normalized spacial score (nSPS) is 12.4. The van der Waals surface area contributed by atoms with E-state index in [2.05, 4.69) is 4.74 Å². The van der Waals surface area contributed by atoms with Crippen LogP contribution in [0.5, 0.6) is 5.75 Å². The fraction of sp³-hybridized carbons (Fsp3) is 0.364. The van der Waals surface area contributed by atoms with Crippen LogP contribution in [0.3, 0.4) is 0 Å². The Morgan fingerprint density at radius 1 is 1.14 bits per heavy atom. The number of alkyl halides is 7. The van der Waals surface area contributed by atoms with Gasteiger partial charge in [-0.15, -0.1) is 0 Å². The van der Waals surface area contributed by atoms with Crippen LogP contribution in [0.25, 0.3) is 0 Å². The summed E-state index contributed by atoms with van der Waals surface area (Å²) in [6.07, 6.45) is -6.05. The molecule has 10 heteroatoms. The third-order valence-electron chi connectivity index (χ3n) is 2.27. The molecule has 0 aliphatic heterocycles. The summed E-state index contributed by atoms with van der Waals surface area (Å²) < 4.78 is 89.2. The number of benzene rings is 1. The Labute approximate surface area is 113 Å². The molecule has 0 aliphatic carbocycles. The average molecular weight is 319 g/mol. The highest BCUT2D eigenvalue weighted by atomic mass is 19.4. The molecule has 0 heterocycles. The zero-order chi connectivity index (χ0) is 16.3. The molecular weight excluding hydrogens is 311 g/mol. The van der Waals surface area contributed by atoms with E-state index >= 15 is 0 Å². The quantitative estimate of drug-likeness (QED) is 0.847. The van der Waals surface area contributed by atoms with Gasteiger partial charge in [0.1, 0.15) is 5.75 Å². The van der Waals surface area contributed by atoms with Crippen molar-refractivity contribution in [3.05, 3.63) is 29.8 Å². The van der Waals surface area contributed by atoms with Crippen molar-refractivity contribution in [3.8, 4) is 5.75 Å². The molecule has 0 saturated heterocycles. The maximum Gasteiger partial charge on any atom is 0.463 e. The van der Waals surface area contributed by atoms with Crippen molar-refractivity contribution in [1.29, 1.82) is 0 Å². The van der Waals surface area contributed by atoms with E-state index < -0.39 is 36.9 Å². The summed E-state index contributed by atoms with van der Waals surface area (Å²) in [5.74, 6) is -8.60. The molecule has 0 aromatic heterocycles. The van der Waals surface area contributed by atoms with Crippen LogP contribution in [-0.4, -0.2) is 24.6 Å². The van der Waals surface area contributed by atoms with Gasteiger partial charge in [0.05, 0.1) is 0 Å². The van der Waals surface area contributed by atoms with Gasteiger partial charge in [0, 0.05) is 12.1 Å². The SMILES string of the molecule is O=C(NCc1ccccc1OC(F)F)C(F)(F)C(F)(F)F. The first kappa shape index (κ1) is 17.1. The van der Waals surface area contributed by atoms with Gasteiger partial charge in [-0.3, -0.25) is 4.79 Å². The monoisotopic (exact) mass is 319 g/mol. The summed E-state index contributed by atoms with van der Waals surface area (Å²) in [7, 11) is 0. The first-order chi connectivity index (χ1) is 9.55. The molecule has 0 spiro atoms. The van der Waals surface area contributed by atoms with Crippen LogP contribution in [-0.2, 0) is 11.3 Å². The van der Waals surface area contributed by atoms with E-state index in [9.17, 15) is 35.5 Å². The Hall–Kier alpha value is -2.00. The summed E-state index contributed by atoms with van der Waals surface area (Å²) in [5, 5.41) is 1.33. The fourth-order valence-corrected chi connectivity index (χ4v) is 1.28. The van der Waals surface area contributed by atoms with Crippen molar-refractivity contribution in [2.45, 2.75) is 25.3 Å². The molecule has 0 saturated carbocycles. The molecule has 1 rings (SSSR count). The highest BCUT2D eigenvalue weighted by molar-refractivity contribution is 5.84. The molecule has 0 fully saturated rings. The molecule has 0 unspecified atom stereocenters. The number of carbonyl (C=O) groups is 1. The molecule has 21 heavy (non-hydrogen) atoms. The zero-order valence-electron chi connectivity index (χ0n) is 10.1. The van der Waals surface area contributed by atoms with Gasteiger partial charge in [-0.05, 0) is 6.07 Å². The standard InChI is InChI=1S/C11H8F7NO2/c12-9(13)21-7-4-2-1-3-6(7)5-19-8(20)10(14,15)11(16,17)18/h1-4,9H,5H2,(H,19,20). The van der Waals surface area contributed by atoms with Gasteiger partial charge in [-0.1, -0.05) is 18.2 Å². The van der Waals surface area contributed by atoms with E-state index in [0.717, 1.165) is 12.1 Å². The van der Waals surface area contributed by atoms with Crippen LogP contribution in [0.15, 0.2) is 24.3 Å². The maximum atomic E-state index is 12.6. The van der Waals surface area contributed by atoms with Gasteiger partial charge >= 0.3 is 24.6 Å². The van der Waals surface area contributed by atoms with Crippen molar-refractivity contribution in [1.82, 2.24) is 5.32 Å². The average Bonchev–Trinajstić information content (AvgIpc) is 2.35. The molecule has 1 aromatic rings. The molecule has 0 radical (unpaired) electrons. The molecule has 0 atom stereocenters. The van der Waals surface area contributed by atoms with Gasteiger partial charge in [0.25, 0.3) is 0 Å². The molecule has 1 N–H and O–H groups in total. The van der Waals surface area contributed by atoms with E-state index in [1.165, 1.54) is 17.4 Å². The topological polar surface area (TPSA) is 38.3 Å². The Morgan fingerprint density at radius 3 is 2.24 bits per heavy atom. The molecule has 1 amide bonds. The number of hydrogen-bond donors (Lipinski definition) is 1. The molecule has 3 nitrogen and oxygen atoms in total. The van der Waals surface area contributed by atoms with Crippen molar-refractivity contribution >= 4 is 5.91 Å². The van der Waals surface area contributed by atoms with Crippen LogP contribution in [0.2, 0.25) is 0 Å². The second-order valence-electron chi connectivity index (χ2n) is 3.74. The van der Waals surface area contributed by atoms with Crippen LogP contribution in [0.4, 0.5) is 30.7 Å². The van der Waals surface area contributed by atoms with E-state index in [1.54, 1.807) is 0 Å². The molecule has 118 valence electrons. The zero-order valence-corrected chi connectivity index (χ0v) is 10.1. The van der Waals surface area contributed by atoms with Crippen LogP contribution < -0.4 is 10.1 Å². The lowest BCUT2D eigenvalue weighted by Crippen LogP contribution is -2.50. The number of halogens is 7. The second kappa shape index (κ2) is 6.19. The first-order valence-electron chi connectivity index (χ1n) is 5.31. The van der Waals surface area contributed by atoms with Crippen molar-refractivity contribution < 1.29 is 40.3 Å². The summed E-state index contributed by atoms with van der Waals surface area (Å²) in [5.41, 5.74) is -0.177. The van der Waals surface area contributed by atoms with E-state index in [-0.39, 0.29) is 5.56 Å². The lowest BCUT2D eigenvalue weighted by atomic mass is 10.2. The Balaban J connectivity index is 2.78. The van der Waals surface area contributed by atoms with Gasteiger partial charge < -0.3 is 10.1 Å². The summed E-state index contributed by atoms with van der Waals surface area (Å²) in [6, 6.07) is 4.77. The van der Waals surface area contributed by atoms with E-state index in [1.807, 2.05) is 0 Å². The van der Waals surface area contributed by atoms with Gasteiger partial charge in [-0.2, -0.15) is 30.7 Å². The number of carbonyl (C=O) groups excluding carboxylic acids is 1. The minimum atomic E-state index is -6.05. The van der Waals surface area contributed by atoms with Crippen molar-refractivity contribution in [2.24, 2.45) is 0 Å². The minimum absolute atomic E-state index is 0.177. The van der Waals surface area contributed by atoms with Crippen LogP contribution >= 0.6 is 0 Å². The Kier molecular flexibility index (Phi) is 5.02. The van der Waals surface area contributed by atoms with Gasteiger partial charge in [-0.25, -0.2) is 0 Å². The lowest BCUT2D eigenvalue weighted by molar-refractivity contribution is -0.269. The van der Waals surface area contributed by atoms with Gasteiger partial charge in [0.2, 0.25) is 0 Å². The summed E-state index contributed by atoms with van der Waals surface area (Å²) in [6.45, 7) is -4.04. The minimum Gasteiger partial charge on any atom is -0.434 e. The Morgan fingerprint density at radius 2 is 1.71 bits per heavy atom. The lowest BCUT2D eigenvalue weighted by Gasteiger charge is -2.19. The Bertz CT molecular complexity index is 502. The second-order valence-corrected chi connectivity index (χ2v) is 3.74. The van der Waals surface area contributed by atoms with E-state index in [4.69, 9.17) is 0 Å². The van der Waals surface area contributed by atoms with E-state index in [0.29, 0.717) is 0 Å². The molecule has 1 aromatic carbocycles. The number of rotatable bonds is 5. The number of hydrogen-bond acceptors (Lipinski definition) is 2. The number of para-hydroxylation sites is 1. The highest BCUT2D eigenvalue weighted by Gasteiger charge is 2.63. The van der Waals surface area contributed by atoms with Crippen LogP contribution in [0.1, 0.15) is 5.56 Å². The highest BCUT2D eigenvalue weighted by Crippen LogP contribution is 2.35. The van der Waals surface area contributed by atoms with Crippen molar-refractivity contribution in [2.75, 3.05) is 0 Å². The summed E-state index contributed by atoms with van der Waals surface area (Å²) >= 11 is 0. The molecular formula is C11H8F7NO2. The summed E-state index contributed by atoms with van der Waals surface area (Å²) in [4.78, 5) is 10.8. The molecule has 0 aliphatic rings. The smallest absolute Gasteiger partial charge is 0.434 e. The van der Waals surface area contributed by atoms with Crippen molar-refractivity contribution in [3.63, 3.8) is 0 Å². The third-order valence-corrected chi connectivity index (χ3v) is 2.27. The first-order valence-corrected chi connectivity index (χ1v) is 5.31. The molecule has 0 bridgehead atoms. The largest absolute Gasteiger partial charge is 0.463 e. The maximum absolute atomic E-state index is 12.6. The number of ether oxygens (including phenoxy) is 1. The van der Waals surface area contributed by atoms with Crippen LogP contribution in [0, 0.1) is 0 Å². The third kappa shape index (κ3) is 4.23. The fourth-order valence-electron chi connectivity index (χ4n) is 1.28. The predicted molar refractivity (Wildman–Crippen MR) is 55.9 cm³/mol.